The van der Waals surface area contributed by atoms with E-state index in [1.54, 1.807) is 11.8 Å². The van der Waals surface area contributed by atoms with Crippen LogP contribution in [0, 0.1) is 0 Å². The number of rotatable bonds is 5. The smallest absolute Gasteiger partial charge is 0.232 e. The van der Waals surface area contributed by atoms with Gasteiger partial charge in [-0.3, -0.25) is 4.79 Å². The number of piperidine rings is 1. The highest BCUT2D eigenvalue weighted by Gasteiger charge is 2.22. The Hall–Kier alpha value is -0.220. The van der Waals surface area contributed by atoms with E-state index < -0.39 is 0 Å². The van der Waals surface area contributed by atoms with Gasteiger partial charge in [0, 0.05) is 18.6 Å². The van der Waals surface area contributed by atoms with Crippen molar-refractivity contribution < 1.29 is 4.79 Å². The van der Waals surface area contributed by atoms with E-state index in [4.69, 9.17) is 5.73 Å². The molecular formula is C12H24N2OS. The summed E-state index contributed by atoms with van der Waals surface area (Å²) in [7, 11) is 0. The number of carbonyl (C=O) groups excluding carboxylic acids is 1. The molecule has 1 rings (SSSR count). The fourth-order valence-corrected chi connectivity index (χ4v) is 3.00. The van der Waals surface area contributed by atoms with Crippen LogP contribution >= 0.6 is 11.8 Å². The first-order valence-corrected chi connectivity index (χ1v) is 7.39. The molecule has 3 nitrogen and oxygen atoms in total. The maximum Gasteiger partial charge on any atom is 0.232 e. The molecule has 2 atom stereocenters. The summed E-state index contributed by atoms with van der Waals surface area (Å²) in [6.07, 6.45) is 4.59. The van der Waals surface area contributed by atoms with Crippen LogP contribution in [0.1, 0.15) is 39.5 Å². The molecule has 1 amide bonds. The molecule has 1 fully saturated rings. The molecule has 0 spiro atoms. The lowest BCUT2D eigenvalue weighted by molar-refractivity contribution is -0.131. The third-order valence-corrected chi connectivity index (χ3v) is 4.04. The van der Waals surface area contributed by atoms with Crippen molar-refractivity contribution in [1.29, 1.82) is 0 Å². The van der Waals surface area contributed by atoms with Gasteiger partial charge in [-0.1, -0.05) is 0 Å². The Morgan fingerprint density at radius 2 is 2.31 bits per heavy atom. The average molecular weight is 244 g/mol. The molecule has 1 aliphatic rings. The molecule has 1 saturated heterocycles. The van der Waals surface area contributed by atoms with E-state index in [1.165, 1.54) is 12.8 Å². The molecule has 16 heavy (non-hydrogen) atoms. The molecule has 2 N–H and O–H groups in total. The van der Waals surface area contributed by atoms with Crippen LogP contribution in [-0.2, 0) is 4.79 Å². The van der Waals surface area contributed by atoms with Crippen LogP contribution in [0.15, 0.2) is 0 Å². The number of hydrogen-bond acceptors (Lipinski definition) is 3. The predicted octanol–water partition coefficient (Wildman–Crippen LogP) is 1.86. The van der Waals surface area contributed by atoms with Gasteiger partial charge in [-0.05, 0) is 45.3 Å². The van der Waals surface area contributed by atoms with Gasteiger partial charge >= 0.3 is 0 Å². The zero-order valence-corrected chi connectivity index (χ0v) is 11.3. The minimum atomic E-state index is 0.247. The highest BCUT2D eigenvalue weighted by Crippen LogP contribution is 2.17. The summed E-state index contributed by atoms with van der Waals surface area (Å²) >= 11 is 1.71. The highest BCUT2D eigenvalue weighted by molar-refractivity contribution is 7.99. The van der Waals surface area contributed by atoms with Crippen LogP contribution < -0.4 is 5.73 Å². The number of likely N-dealkylation sites (tertiary alicyclic amines) is 1. The van der Waals surface area contributed by atoms with Crippen molar-refractivity contribution in [3.63, 3.8) is 0 Å². The van der Waals surface area contributed by atoms with Crippen molar-refractivity contribution in [3.8, 4) is 0 Å². The maximum atomic E-state index is 11.9. The Morgan fingerprint density at radius 1 is 1.56 bits per heavy atom. The topological polar surface area (TPSA) is 46.3 Å². The van der Waals surface area contributed by atoms with Gasteiger partial charge in [0.05, 0.1) is 5.75 Å². The van der Waals surface area contributed by atoms with Crippen LogP contribution in [0.4, 0.5) is 0 Å². The van der Waals surface area contributed by atoms with Crippen molar-refractivity contribution in [3.05, 3.63) is 0 Å². The van der Waals surface area contributed by atoms with E-state index in [1.807, 2.05) is 11.8 Å². The summed E-state index contributed by atoms with van der Waals surface area (Å²) < 4.78 is 0. The number of carbonyl (C=O) groups is 1. The van der Waals surface area contributed by atoms with Gasteiger partial charge in [0.15, 0.2) is 0 Å². The van der Waals surface area contributed by atoms with E-state index >= 15 is 0 Å². The molecule has 1 aliphatic heterocycles. The molecule has 0 bridgehead atoms. The molecule has 0 saturated carbocycles. The summed E-state index contributed by atoms with van der Waals surface area (Å²) in [5, 5.41) is 0. The van der Waals surface area contributed by atoms with Gasteiger partial charge in [0.1, 0.15) is 0 Å². The molecule has 0 radical (unpaired) electrons. The Morgan fingerprint density at radius 3 is 2.94 bits per heavy atom. The van der Waals surface area contributed by atoms with E-state index in [9.17, 15) is 4.79 Å². The van der Waals surface area contributed by atoms with E-state index in [-0.39, 0.29) is 6.04 Å². The van der Waals surface area contributed by atoms with E-state index in [2.05, 4.69) is 6.92 Å². The molecule has 1 heterocycles. The Labute approximate surface area is 103 Å². The van der Waals surface area contributed by atoms with Gasteiger partial charge in [-0.2, -0.15) is 11.8 Å². The lowest BCUT2D eigenvalue weighted by atomic mass is 10.0. The number of nitrogens with zero attached hydrogens (tertiary/aromatic N) is 1. The van der Waals surface area contributed by atoms with Crippen LogP contribution in [-0.4, -0.2) is 40.9 Å². The lowest BCUT2D eigenvalue weighted by Gasteiger charge is -2.33. The fraction of sp³-hybridized carbons (Fsp3) is 0.917. The second kappa shape index (κ2) is 7.17. The Kier molecular flexibility index (Phi) is 6.21. The van der Waals surface area contributed by atoms with Gasteiger partial charge < -0.3 is 10.6 Å². The second-order valence-corrected chi connectivity index (χ2v) is 5.86. The van der Waals surface area contributed by atoms with Gasteiger partial charge in [0.25, 0.3) is 0 Å². The molecule has 0 aromatic carbocycles. The minimum Gasteiger partial charge on any atom is -0.339 e. The van der Waals surface area contributed by atoms with Crippen molar-refractivity contribution >= 4 is 17.7 Å². The molecule has 0 aromatic rings. The second-order valence-electron chi connectivity index (χ2n) is 4.75. The molecule has 0 aromatic heterocycles. The molecule has 0 aliphatic carbocycles. The molecule has 94 valence electrons. The maximum absolute atomic E-state index is 11.9. The summed E-state index contributed by atoms with van der Waals surface area (Å²) in [6.45, 7) is 5.12. The van der Waals surface area contributed by atoms with Crippen LogP contribution in [0.25, 0.3) is 0 Å². The Balaban J connectivity index is 2.18. The standard InChI is InChI=1S/C12H24N2OS/c1-10(13)6-8-16-9-12(15)14-7-4-3-5-11(14)2/h10-11H,3-9,13H2,1-2H3. The zero-order chi connectivity index (χ0) is 12.0. The third kappa shape index (κ3) is 4.74. The van der Waals surface area contributed by atoms with Crippen molar-refractivity contribution in [1.82, 2.24) is 4.90 Å². The van der Waals surface area contributed by atoms with Crippen LogP contribution in [0.5, 0.6) is 0 Å². The first kappa shape index (κ1) is 13.8. The average Bonchev–Trinajstić information content (AvgIpc) is 2.24. The van der Waals surface area contributed by atoms with Gasteiger partial charge in [-0.25, -0.2) is 0 Å². The normalized spacial score (nSPS) is 23.2. The van der Waals surface area contributed by atoms with Crippen LogP contribution in [0.3, 0.4) is 0 Å². The first-order chi connectivity index (χ1) is 7.61. The number of amides is 1. The summed E-state index contributed by atoms with van der Waals surface area (Å²) in [5.41, 5.74) is 5.67. The third-order valence-electron chi connectivity index (χ3n) is 3.07. The number of thioether (sulfide) groups is 1. The van der Waals surface area contributed by atoms with E-state index in [0.717, 1.165) is 25.1 Å². The largest absolute Gasteiger partial charge is 0.339 e. The summed E-state index contributed by atoms with van der Waals surface area (Å²) in [6, 6.07) is 0.687. The number of nitrogens with two attached hydrogens (primary N) is 1. The van der Waals surface area contributed by atoms with Gasteiger partial charge in [-0.15, -0.1) is 0 Å². The van der Waals surface area contributed by atoms with Crippen molar-refractivity contribution in [2.45, 2.75) is 51.6 Å². The van der Waals surface area contributed by atoms with Crippen molar-refractivity contribution in [2.75, 3.05) is 18.1 Å². The van der Waals surface area contributed by atoms with Crippen molar-refractivity contribution in [2.24, 2.45) is 5.73 Å². The molecule has 4 heteroatoms. The molecular weight excluding hydrogens is 220 g/mol. The summed E-state index contributed by atoms with van der Waals surface area (Å²) in [4.78, 5) is 14.0. The highest BCUT2D eigenvalue weighted by atomic mass is 32.2. The Bertz CT molecular complexity index is 221. The monoisotopic (exact) mass is 244 g/mol. The fourth-order valence-electron chi connectivity index (χ4n) is 1.98. The minimum absolute atomic E-state index is 0.247. The lowest BCUT2D eigenvalue weighted by Crippen LogP contribution is -2.43. The predicted molar refractivity (Wildman–Crippen MR) is 70.6 cm³/mol. The quantitative estimate of drug-likeness (QED) is 0.751. The van der Waals surface area contributed by atoms with E-state index in [0.29, 0.717) is 17.7 Å². The number of hydrogen-bond donors (Lipinski definition) is 1. The first-order valence-electron chi connectivity index (χ1n) is 6.24. The van der Waals surface area contributed by atoms with Crippen LogP contribution in [0.2, 0.25) is 0 Å². The zero-order valence-electron chi connectivity index (χ0n) is 10.4. The molecule has 2 unspecified atom stereocenters. The SMILES string of the molecule is CC(N)CCSCC(=O)N1CCCCC1C. The van der Waals surface area contributed by atoms with Gasteiger partial charge in [0.2, 0.25) is 5.91 Å². The summed E-state index contributed by atoms with van der Waals surface area (Å²) in [5.74, 6) is 1.92.